The van der Waals surface area contributed by atoms with Gasteiger partial charge >= 0.3 is 0 Å². The van der Waals surface area contributed by atoms with Gasteiger partial charge in [0.2, 0.25) is 0 Å². The quantitative estimate of drug-likeness (QED) is 0.661. The second-order valence-corrected chi connectivity index (χ2v) is 11.0. The van der Waals surface area contributed by atoms with Crippen molar-refractivity contribution in [2.24, 2.45) is 5.92 Å². The van der Waals surface area contributed by atoms with E-state index in [1.807, 2.05) is 17.0 Å². The average Bonchev–Trinajstić information content (AvgIpc) is 3.48. The molecule has 5 heterocycles. The Hall–Kier alpha value is -2.00. The Labute approximate surface area is 213 Å². The molecule has 8 heteroatoms. The van der Waals surface area contributed by atoms with Gasteiger partial charge in [0.1, 0.15) is 5.82 Å². The zero-order chi connectivity index (χ0) is 24.2. The molecular weight excluding hydrogens is 458 g/mol. The standard InChI is InChI=1S/C27H39N5O2S/c1-2-29-13-15-30(16-14-29)23-7-11-31(12-8-23)27(34)24-5-6-25(22-9-17-35-20-22)28-26(24)32-10-3-4-21(18-32)19-33/h5-6,9,17,20-21,23,33H,2-4,7-8,10-16,18-19H2,1H3/t21-/m0/s1. The fourth-order valence-corrected chi connectivity index (χ4v) is 6.53. The number of likely N-dealkylation sites (N-methyl/N-ethyl adjacent to an activating group) is 1. The van der Waals surface area contributed by atoms with Crippen LogP contribution in [0.3, 0.4) is 0 Å². The van der Waals surface area contributed by atoms with Gasteiger partial charge in [0.25, 0.3) is 5.91 Å². The van der Waals surface area contributed by atoms with Crippen molar-refractivity contribution < 1.29 is 9.90 Å². The lowest BCUT2D eigenvalue weighted by Crippen LogP contribution is -2.53. The zero-order valence-corrected chi connectivity index (χ0v) is 21.8. The first-order chi connectivity index (χ1) is 17.2. The molecule has 2 aromatic heterocycles. The van der Waals surface area contributed by atoms with Crippen molar-refractivity contribution in [1.29, 1.82) is 0 Å². The van der Waals surface area contributed by atoms with Gasteiger partial charge in [-0.25, -0.2) is 4.98 Å². The molecule has 1 amide bonds. The van der Waals surface area contributed by atoms with E-state index in [1.165, 1.54) is 0 Å². The summed E-state index contributed by atoms with van der Waals surface area (Å²) in [5, 5.41) is 13.9. The number of hydrogen-bond acceptors (Lipinski definition) is 7. The molecule has 0 saturated carbocycles. The van der Waals surface area contributed by atoms with Crippen LogP contribution in [-0.4, -0.2) is 102 Å². The second-order valence-electron chi connectivity index (χ2n) is 10.2. The molecule has 0 unspecified atom stereocenters. The number of aliphatic hydroxyl groups excluding tert-OH is 1. The number of nitrogens with zero attached hydrogens (tertiary/aromatic N) is 5. The number of carbonyl (C=O) groups is 1. The Morgan fingerprint density at radius 3 is 2.54 bits per heavy atom. The highest BCUT2D eigenvalue weighted by Crippen LogP contribution is 2.31. The van der Waals surface area contributed by atoms with Crippen LogP contribution in [0.25, 0.3) is 11.3 Å². The van der Waals surface area contributed by atoms with Crippen LogP contribution in [0.15, 0.2) is 29.0 Å². The van der Waals surface area contributed by atoms with Gasteiger partial charge in [0, 0.05) is 76.0 Å². The van der Waals surface area contributed by atoms with E-state index in [4.69, 9.17) is 4.98 Å². The molecule has 3 aliphatic rings. The van der Waals surface area contributed by atoms with Gasteiger partial charge in [0.05, 0.1) is 11.3 Å². The normalized spacial score (nSPS) is 23.1. The summed E-state index contributed by atoms with van der Waals surface area (Å²) in [6.45, 7) is 11.4. The summed E-state index contributed by atoms with van der Waals surface area (Å²) >= 11 is 1.66. The van der Waals surface area contributed by atoms with E-state index in [0.717, 1.165) is 102 Å². The minimum absolute atomic E-state index is 0.102. The zero-order valence-electron chi connectivity index (χ0n) is 20.9. The number of aliphatic hydroxyl groups is 1. The Morgan fingerprint density at radius 1 is 1.06 bits per heavy atom. The van der Waals surface area contributed by atoms with Crippen molar-refractivity contribution in [3.8, 4) is 11.3 Å². The first kappa shape index (κ1) is 24.7. The number of anilines is 1. The molecule has 0 aliphatic carbocycles. The number of amides is 1. The summed E-state index contributed by atoms with van der Waals surface area (Å²) in [5.74, 6) is 1.13. The Balaban J connectivity index is 1.31. The van der Waals surface area contributed by atoms with Gasteiger partial charge in [-0.1, -0.05) is 6.92 Å². The molecule has 2 aromatic rings. The maximum absolute atomic E-state index is 13.8. The molecule has 35 heavy (non-hydrogen) atoms. The van der Waals surface area contributed by atoms with E-state index in [2.05, 4.69) is 38.4 Å². The number of likely N-dealkylation sites (tertiary alicyclic amines) is 1. The maximum atomic E-state index is 13.8. The van der Waals surface area contributed by atoms with Crippen molar-refractivity contribution in [2.45, 2.75) is 38.6 Å². The van der Waals surface area contributed by atoms with E-state index in [0.29, 0.717) is 11.6 Å². The lowest BCUT2D eigenvalue weighted by Gasteiger charge is -2.42. The summed E-state index contributed by atoms with van der Waals surface area (Å²) in [4.78, 5) is 28.2. The number of pyridine rings is 1. The van der Waals surface area contributed by atoms with E-state index < -0.39 is 0 Å². The lowest BCUT2D eigenvalue weighted by atomic mass is 9.98. The van der Waals surface area contributed by atoms with Gasteiger partial charge in [-0.05, 0) is 61.7 Å². The number of piperazine rings is 1. The molecule has 190 valence electrons. The van der Waals surface area contributed by atoms with Crippen LogP contribution in [0.1, 0.15) is 43.0 Å². The second kappa shape index (κ2) is 11.4. The summed E-state index contributed by atoms with van der Waals surface area (Å²) in [5.41, 5.74) is 2.71. The average molecular weight is 498 g/mol. The minimum Gasteiger partial charge on any atom is -0.396 e. The van der Waals surface area contributed by atoms with E-state index in [-0.39, 0.29) is 18.4 Å². The monoisotopic (exact) mass is 497 g/mol. The highest BCUT2D eigenvalue weighted by molar-refractivity contribution is 7.08. The van der Waals surface area contributed by atoms with Crippen LogP contribution in [0.5, 0.6) is 0 Å². The summed E-state index contributed by atoms with van der Waals surface area (Å²) < 4.78 is 0. The predicted molar refractivity (Wildman–Crippen MR) is 142 cm³/mol. The van der Waals surface area contributed by atoms with Gasteiger partial charge < -0.3 is 19.8 Å². The number of rotatable bonds is 6. The number of thiophene rings is 1. The van der Waals surface area contributed by atoms with E-state index in [1.54, 1.807) is 11.3 Å². The van der Waals surface area contributed by atoms with Crippen molar-refractivity contribution >= 4 is 23.1 Å². The molecule has 0 spiro atoms. The highest BCUT2D eigenvalue weighted by atomic mass is 32.1. The third-order valence-corrected chi connectivity index (χ3v) is 8.80. The molecular formula is C27H39N5O2S. The van der Waals surface area contributed by atoms with Crippen molar-refractivity contribution in [2.75, 3.05) is 70.4 Å². The van der Waals surface area contributed by atoms with Crippen LogP contribution in [0, 0.1) is 5.92 Å². The fraction of sp³-hybridized carbons (Fsp3) is 0.630. The van der Waals surface area contributed by atoms with Gasteiger partial charge in [-0.2, -0.15) is 11.3 Å². The molecule has 1 N–H and O–H groups in total. The molecule has 3 saturated heterocycles. The van der Waals surface area contributed by atoms with Crippen LogP contribution in [0.2, 0.25) is 0 Å². The van der Waals surface area contributed by atoms with Gasteiger partial charge in [-0.3, -0.25) is 9.69 Å². The van der Waals surface area contributed by atoms with Crippen molar-refractivity contribution in [3.63, 3.8) is 0 Å². The number of hydrogen-bond donors (Lipinski definition) is 1. The Bertz CT molecular complexity index is 968. The van der Waals surface area contributed by atoms with Gasteiger partial charge in [0.15, 0.2) is 0 Å². The summed E-state index contributed by atoms with van der Waals surface area (Å²) in [6, 6.07) is 6.64. The Morgan fingerprint density at radius 2 is 1.86 bits per heavy atom. The lowest BCUT2D eigenvalue weighted by molar-refractivity contribution is 0.0490. The number of aromatic nitrogens is 1. The highest BCUT2D eigenvalue weighted by Gasteiger charge is 2.32. The Kier molecular flexibility index (Phi) is 8.02. The summed E-state index contributed by atoms with van der Waals surface area (Å²) in [7, 11) is 0. The first-order valence-corrected chi connectivity index (χ1v) is 14.3. The van der Waals surface area contributed by atoms with Crippen LogP contribution >= 0.6 is 11.3 Å². The molecule has 3 fully saturated rings. The third-order valence-electron chi connectivity index (χ3n) is 8.12. The topological polar surface area (TPSA) is 63.2 Å². The third kappa shape index (κ3) is 5.56. The molecule has 0 bridgehead atoms. The largest absolute Gasteiger partial charge is 0.396 e. The van der Waals surface area contributed by atoms with Crippen molar-refractivity contribution in [3.05, 3.63) is 34.5 Å². The first-order valence-electron chi connectivity index (χ1n) is 13.3. The molecule has 5 rings (SSSR count). The molecule has 1 atom stereocenters. The molecule has 3 aliphatic heterocycles. The smallest absolute Gasteiger partial charge is 0.257 e. The molecule has 7 nitrogen and oxygen atoms in total. The predicted octanol–water partition coefficient (Wildman–Crippen LogP) is 3.26. The SMILES string of the molecule is CCN1CCN(C2CCN(C(=O)c3ccc(-c4ccsc4)nc3N3CCC[C@H](CO)C3)CC2)CC1. The number of carbonyl (C=O) groups excluding carboxylic acids is 1. The van der Waals surface area contributed by atoms with Crippen LogP contribution in [0.4, 0.5) is 5.82 Å². The fourth-order valence-electron chi connectivity index (χ4n) is 5.88. The van der Waals surface area contributed by atoms with E-state index >= 15 is 0 Å². The van der Waals surface area contributed by atoms with Crippen LogP contribution in [-0.2, 0) is 0 Å². The number of piperidine rings is 2. The minimum atomic E-state index is 0.102. The summed E-state index contributed by atoms with van der Waals surface area (Å²) in [6.07, 6.45) is 4.13. The van der Waals surface area contributed by atoms with Crippen LogP contribution < -0.4 is 4.90 Å². The van der Waals surface area contributed by atoms with Crippen molar-refractivity contribution in [1.82, 2.24) is 19.7 Å². The van der Waals surface area contributed by atoms with Gasteiger partial charge in [-0.15, -0.1) is 0 Å². The molecule has 0 aromatic carbocycles. The van der Waals surface area contributed by atoms with E-state index in [9.17, 15) is 9.90 Å². The molecule has 0 radical (unpaired) electrons. The maximum Gasteiger partial charge on any atom is 0.257 e.